The van der Waals surface area contributed by atoms with Gasteiger partial charge >= 0.3 is 0 Å². The van der Waals surface area contributed by atoms with E-state index in [1.54, 1.807) is 17.0 Å². The Hall–Kier alpha value is -3.59. The van der Waals surface area contributed by atoms with Crippen LogP contribution in [0.4, 0.5) is 0 Å². The number of hydrogen-bond donors (Lipinski definition) is 1. The lowest BCUT2D eigenvalue weighted by molar-refractivity contribution is 0.651. The van der Waals surface area contributed by atoms with Crippen molar-refractivity contribution in [3.8, 4) is 11.1 Å². The molecular formula is C19H15ClN8O. The fourth-order valence-corrected chi connectivity index (χ4v) is 3.47. The van der Waals surface area contributed by atoms with E-state index in [9.17, 15) is 4.79 Å². The maximum Gasteiger partial charge on any atom is 0.283 e. The molecule has 0 radical (unpaired) electrons. The number of nitrogens with one attached hydrogen (secondary N) is 1. The van der Waals surface area contributed by atoms with Crippen LogP contribution in [0.5, 0.6) is 0 Å². The molecule has 29 heavy (non-hydrogen) atoms. The molecule has 0 saturated heterocycles. The maximum absolute atomic E-state index is 12.9. The largest absolute Gasteiger partial charge is 0.348 e. The van der Waals surface area contributed by atoms with E-state index < -0.39 is 0 Å². The summed E-state index contributed by atoms with van der Waals surface area (Å²) < 4.78 is 3.09. The van der Waals surface area contributed by atoms with Gasteiger partial charge in [-0.15, -0.1) is 10.2 Å². The summed E-state index contributed by atoms with van der Waals surface area (Å²) in [4.78, 5) is 24.3. The van der Waals surface area contributed by atoms with Crippen LogP contribution in [0.25, 0.3) is 27.9 Å². The molecule has 4 heterocycles. The van der Waals surface area contributed by atoms with Gasteiger partial charge < -0.3 is 4.98 Å². The Kier molecular flexibility index (Phi) is 4.09. The Morgan fingerprint density at radius 2 is 1.97 bits per heavy atom. The molecule has 5 rings (SSSR count). The third-order valence-electron chi connectivity index (χ3n) is 4.79. The van der Waals surface area contributed by atoms with Gasteiger partial charge in [0.2, 0.25) is 0 Å². The van der Waals surface area contributed by atoms with Gasteiger partial charge in [-0.2, -0.15) is 9.61 Å². The molecule has 0 fully saturated rings. The first kappa shape index (κ1) is 17.5. The van der Waals surface area contributed by atoms with E-state index in [-0.39, 0.29) is 11.1 Å². The van der Waals surface area contributed by atoms with Crippen LogP contribution in [0.1, 0.15) is 11.4 Å². The normalized spacial score (nSPS) is 11.5. The zero-order valence-electron chi connectivity index (χ0n) is 15.4. The first-order valence-electron chi connectivity index (χ1n) is 8.96. The van der Waals surface area contributed by atoms with Crippen LogP contribution in [0.3, 0.4) is 0 Å². The summed E-state index contributed by atoms with van der Waals surface area (Å²) in [6.07, 6.45) is 5.48. The van der Waals surface area contributed by atoms with Crippen molar-refractivity contribution >= 4 is 28.4 Å². The van der Waals surface area contributed by atoms with Gasteiger partial charge in [0.25, 0.3) is 5.56 Å². The molecule has 0 amide bonds. The summed E-state index contributed by atoms with van der Waals surface area (Å²) in [5, 5.41) is 13.7. The second-order valence-corrected chi connectivity index (χ2v) is 7.08. The van der Waals surface area contributed by atoms with E-state index in [2.05, 4.69) is 30.2 Å². The van der Waals surface area contributed by atoms with Crippen LogP contribution in [-0.4, -0.2) is 39.3 Å². The Morgan fingerprint density at radius 1 is 1.14 bits per heavy atom. The van der Waals surface area contributed by atoms with Crippen LogP contribution in [-0.2, 0) is 13.0 Å². The predicted molar refractivity (Wildman–Crippen MR) is 108 cm³/mol. The van der Waals surface area contributed by atoms with Crippen molar-refractivity contribution < 1.29 is 0 Å². The average molecular weight is 407 g/mol. The van der Waals surface area contributed by atoms with Gasteiger partial charge in [0.05, 0.1) is 17.6 Å². The highest BCUT2D eigenvalue weighted by Crippen LogP contribution is 2.28. The minimum Gasteiger partial charge on any atom is -0.348 e. The van der Waals surface area contributed by atoms with Crippen LogP contribution in [0.15, 0.2) is 47.9 Å². The SMILES string of the molecule is Cc1nn2c(nnc3c(=O)n(CCc4cnc[nH]4)cnc32)c1-c1ccc(Cl)cc1. The number of rotatable bonds is 4. The zero-order valence-corrected chi connectivity index (χ0v) is 16.1. The number of fused-ring (bicyclic) bond motifs is 3. The number of nitrogens with zero attached hydrogens (tertiary/aromatic N) is 7. The fraction of sp³-hybridized carbons (Fsp3) is 0.158. The van der Waals surface area contributed by atoms with Crippen LogP contribution in [0, 0.1) is 6.92 Å². The third-order valence-corrected chi connectivity index (χ3v) is 5.04. The average Bonchev–Trinajstić information content (AvgIpc) is 3.35. The molecule has 1 N–H and O–H groups in total. The molecular weight excluding hydrogens is 392 g/mol. The molecule has 0 aliphatic rings. The molecule has 5 aromatic rings. The molecule has 10 heteroatoms. The highest BCUT2D eigenvalue weighted by molar-refractivity contribution is 6.30. The summed E-state index contributed by atoms with van der Waals surface area (Å²) in [5.74, 6) is 0. The third kappa shape index (κ3) is 2.95. The van der Waals surface area contributed by atoms with Gasteiger partial charge in [-0.1, -0.05) is 23.7 Å². The summed E-state index contributed by atoms with van der Waals surface area (Å²) in [6, 6.07) is 7.42. The molecule has 0 aliphatic carbocycles. The molecule has 0 atom stereocenters. The number of benzene rings is 1. The molecule has 0 bridgehead atoms. The molecule has 0 saturated carbocycles. The van der Waals surface area contributed by atoms with E-state index in [0.29, 0.717) is 29.3 Å². The van der Waals surface area contributed by atoms with Crippen LogP contribution in [0.2, 0.25) is 5.02 Å². The summed E-state index contributed by atoms with van der Waals surface area (Å²) >= 11 is 6.00. The highest BCUT2D eigenvalue weighted by atomic mass is 35.5. The van der Waals surface area contributed by atoms with Crippen molar-refractivity contribution in [2.75, 3.05) is 0 Å². The summed E-state index contributed by atoms with van der Waals surface area (Å²) in [6.45, 7) is 2.34. The van der Waals surface area contributed by atoms with Gasteiger partial charge in [0.15, 0.2) is 16.8 Å². The van der Waals surface area contributed by atoms with Crippen molar-refractivity contribution in [1.82, 2.24) is 39.3 Å². The van der Waals surface area contributed by atoms with Crippen molar-refractivity contribution in [3.63, 3.8) is 0 Å². The van der Waals surface area contributed by atoms with E-state index in [4.69, 9.17) is 11.6 Å². The lowest BCUT2D eigenvalue weighted by Crippen LogP contribution is -2.24. The van der Waals surface area contributed by atoms with Crippen LogP contribution >= 0.6 is 11.6 Å². The smallest absolute Gasteiger partial charge is 0.283 e. The molecule has 144 valence electrons. The molecule has 4 aromatic heterocycles. The number of H-pyrrole nitrogens is 1. The first-order chi connectivity index (χ1) is 14.1. The number of hydrogen-bond acceptors (Lipinski definition) is 6. The molecule has 0 spiro atoms. The fourth-order valence-electron chi connectivity index (χ4n) is 3.34. The topological polar surface area (TPSA) is 107 Å². The number of aromatic nitrogens is 8. The number of aromatic amines is 1. The number of aryl methyl sites for hydroxylation is 3. The van der Waals surface area contributed by atoms with Crippen molar-refractivity contribution in [2.24, 2.45) is 0 Å². The van der Waals surface area contributed by atoms with Gasteiger partial charge in [-0.05, 0) is 24.6 Å². The summed E-state index contributed by atoms with van der Waals surface area (Å²) in [5.41, 5.74) is 4.29. The Balaban J connectivity index is 1.62. The molecule has 9 nitrogen and oxygen atoms in total. The first-order valence-corrected chi connectivity index (χ1v) is 9.34. The van der Waals surface area contributed by atoms with Crippen LogP contribution < -0.4 is 5.56 Å². The zero-order chi connectivity index (χ0) is 20.0. The lowest BCUT2D eigenvalue weighted by atomic mass is 10.1. The Bertz CT molecular complexity index is 1390. The lowest BCUT2D eigenvalue weighted by Gasteiger charge is -2.06. The number of imidazole rings is 1. The monoisotopic (exact) mass is 406 g/mol. The van der Waals surface area contributed by atoms with E-state index >= 15 is 0 Å². The van der Waals surface area contributed by atoms with Crippen molar-refractivity contribution in [2.45, 2.75) is 19.9 Å². The quantitative estimate of drug-likeness (QED) is 0.491. The molecule has 0 aliphatic heterocycles. The van der Waals surface area contributed by atoms with E-state index in [1.807, 2.05) is 31.2 Å². The van der Waals surface area contributed by atoms with Gasteiger partial charge in [0.1, 0.15) is 6.33 Å². The second-order valence-electron chi connectivity index (χ2n) is 6.64. The van der Waals surface area contributed by atoms with Gasteiger partial charge in [0, 0.05) is 29.9 Å². The van der Waals surface area contributed by atoms with Gasteiger partial charge in [-0.3, -0.25) is 9.36 Å². The van der Waals surface area contributed by atoms with Gasteiger partial charge in [-0.25, -0.2) is 9.97 Å². The molecule has 1 aromatic carbocycles. The van der Waals surface area contributed by atoms with E-state index in [0.717, 1.165) is 22.5 Å². The predicted octanol–water partition coefficient (Wildman–Crippen LogP) is 2.43. The second kappa shape index (κ2) is 6.78. The van der Waals surface area contributed by atoms with Crippen molar-refractivity contribution in [1.29, 1.82) is 0 Å². The summed E-state index contributed by atoms with van der Waals surface area (Å²) in [7, 11) is 0. The van der Waals surface area contributed by atoms with E-state index in [1.165, 1.54) is 10.9 Å². The molecule has 0 unspecified atom stereocenters. The standard InChI is InChI=1S/C19H15ClN8O/c1-11-15(12-2-4-13(20)5-3-12)17-25-24-16-18(28(17)26-11)23-10-27(19(16)29)7-6-14-8-21-9-22-14/h2-5,8-10H,6-7H2,1H3,(H,21,22). The maximum atomic E-state index is 12.9. The Labute approximate surface area is 169 Å². The highest BCUT2D eigenvalue weighted by Gasteiger charge is 2.18. The van der Waals surface area contributed by atoms with Crippen molar-refractivity contribution in [3.05, 3.63) is 69.9 Å². The number of halogens is 1. The minimum atomic E-state index is -0.259. The minimum absolute atomic E-state index is 0.176. The Morgan fingerprint density at radius 3 is 2.72 bits per heavy atom.